The van der Waals surface area contributed by atoms with Crippen molar-refractivity contribution in [2.24, 2.45) is 0 Å². The number of aromatic nitrogens is 16. The minimum Gasteiger partial charge on any atom is -0.382 e. The zero-order valence-electron chi connectivity index (χ0n) is 64.6. The summed E-state index contributed by atoms with van der Waals surface area (Å²) in [7, 11) is 0. The molecule has 0 aliphatic heterocycles. The molecule has 0 saturated heterocycles. The van der Waals surface area contributed by atoms with E-state index in [4.69, 9.17) is 40.3 Å². The van der Waals surface area contributed by atoms with Gasteiger partial charge in [-0.1, -0.05) is 170 Å². The molecule has 26 heteroatoms. The largest absolute Gasteiger partial charge is 0.382 e. The van der Waals surface area contributed by atoms with Gasteiger partial charge in [0.1, 0.15) is 57.7 Å². The Balaban J connectivity index is 0.000000112. The highest BCUT2D eigenvalue weighted by molar-refractivity contribution is 6.35. The van der Waals surface area contributed by atoms with Gasteiger partial charge in [-0.15, -0.1) is 0 Å². The van der Waals surface area contributed by atoms with Crippen molar-refractivity contribution in [1.29, 1.82) is 5.26 Å². The van der Waals surface area contributed by atoms with Gasteiger partial charge in [-0.05, 0) is 121 Å². The predicted molar refractivity (Wildman–Crippen MR) is 472 cm³/mol. The summed E-state index contributed by atoms with van der Waals surface area (Å²) in [6, 6.07) is 77.6. The van der Waals surface area contributed by atoms with Crippen LogP contribution >= 0.6 is 11.6 Å². The number of nitriles is 1. The van der Waals surface area contributed by atoms with E-state index < -0.39 is 5.82 Å². The zero-order chi connectivity index (χ0) is 83.5. The van der Waals surface area contributed by atoms with Crippen molar-refractivity contribution in [3.05, 3.63) is 360 Å². The van der Waals surface area contributed by atoms with Crippen LogP contribution in [0, 0.1) is 23.0 Å². The molecule has 2 unspecified atom stereocenters. The molecule has 121 heavy (non-hydrogen) atoms. The highest BCUT2D eigenvalue weighted by Gasteiger charge is 2.30. The SMILES string of the molecule is CC1CC(c2ncc(N)nc2-c2ccccc2)Cc2cccnc21.N#Cc1nc(-c2cc(F)c3ncccc3c2)c(-c2ccccc2)nc1N.Nc1cnc(-c2cc(Cl)c3ncccc3c2)c(-n2cccc2)n1.Nc1cnc(-c2cc(F)c3ncccc3c2)c(-c2ccccc2)n1.Nc1cnc(-c2ccc3c(=O)[nH]ccc3c2)c(-c2ccccc2)n1. The van der Waals surface area contributed by atoms with Crippen LogP contribution in [0.5, 0.6) is 0 Å². The second-order valence-electron chi connectivity index (χ2n) is 28.1. The number of nitrogen functional groups attached to an aromatic ring is 5. The molecule has 0 amide bonds. The molecule has 11 N–H and O–H groups in total. The number of rotatable bonds is 10. The Kier molecular flexibility index (Phi) is 23.0. The summed E-state index contributed by atoms with van der Waals surface area (Å²) in [5.41, 5.74) is 45.8. The van der Waals surface area contributed by atoms with Crippen LogP contribution in [-0.4, -0.2) is 79.3 Å². The lowest BCUT2D eigenvalue weighted by Gasteiger charge is -2.29. The van der Waals surface area contributed by atoms with Crippen molar-refractivity contribution in [3.8, 4) is 102 Å². The van der Waals surface area contributed by atoms with Gasteiger partial charge in [-0.2, -0.15) is 5.26 Å². The molecule has 0 radical (unpaired) electrons. The van der Waals surface area contributed by atoms with Crippen molar-refractivity contribution in [1.82, 2.24) is 79.3 Å². The van der Waals surface area contributed by atoms with Crippen LogP contribution in [0.4, 0.5) is 37.9 Å². The number of nitrogens with zero attached hydrogens (tertiary/aromatic N) is 16. The van der Waals surface area contributed by atoms with Gasteiger partial charge in [-0.3, -0.25) is 39.7 Å². The number of aromatic amines is 1. The fraction of sp³-hybridized carbons (Fsp3) is 0.0526. The Morgan fingerprint density at radius 3 is 1.42 bits per heavy atom. The highest BCUT2D eigenvalue weighted by atomic mass is 35.5. The van der Waals surface area contributed by atoms with E-state index in [0.717, 1.165) is 85.3 Å². The number of fused-ring (bicyclic) bond motifs is 5. The third-order valence-electron chi connectivity index (χ3n) is 20.0. The minimum atomic E-state index is -0.464. The summed E-state index contributed by atoms with van der Waals surface area (Å²) in [4.78, 5) is 76.2. The average Bonchev–Trinajstić information content (AvgIpc) is 0.897. The molecule has 8 aromatic carbocycles. The van der Waals surface area contributed by atoms with Crippen LogP contribution in [0.15, 0.2) is 316 Å². The number of hydrogen-bond donors (Lipinski definition) is 6. The van der Waals surface area contributed by atoms with E-state index >= 15 is 0 Å². The Morgan fingerprint density at radius 1 is 0.413 bits per heavy atom. The standard InChI is InChI=1S/C20H12FN5.C20H20N4.C19H13FN4.C19H14N4O.C17H12ClN5/c21-15-10-14(9-13-7-4-8-24-17(13)15)19-18(12-5-2-1-3-6-12)26-20(23)16(11-22)25-19;1-13-10-16(11-15-8-5-9-22-18(13)15)19-20(24-17(21)12-23-19)14-6-3-2-4-7-14;20-15-10-14(9-13-7-4-8-22-17(13)15)18-19(24-16(21)11-23-18)12-5-2-1-3-6-12;20-16-11-22-17(18(23-16)12-4-2-1-3-5-12)14-6-7-15-13(10-14)8-9-21-19(15)24;18-13-9-12(8-11-4-3-5-20-15(11)13)16-17(22-14(19)10-21-16)23-6-1-2-7-23/h1-10H,(H2,23,26);2-9,12-13,16H,10-11H2,1H3,(H2,21,24);1-11H,(H2,21,24);1-11H,(H2,20,23)(H,21,24);1-10H,(H2,19,22). The molecule has 1 aliphatic carbocycles. The number of H-pyrrole nitrogens is 1. The molecule has 11 aromatic heterocycles. The summed E-state index contributed by atoms with van der Waals surface area (Å²) in [6.07, 6.45) is 20.4. The maximum atomic E-state index is 14.5. The van der Waals surface area contributed by atoms with Crippen LogP contribution in [-0.2, 0) is 6.42 Å². The van der Waals surface area contributed by atoms with E-state index in [0.29, 0.717) is 107 Å². The van der Waals surface area contributed by atoms with Gasteiger partial charge >= 0.3 is 0 Å². The lowest BCUT2D eigenvalue weighted by molar-refractivity contribution is 0.497. The molecule has 0 spiro atoms. The van der Waals surface area contributed by atoms with Crippen molar-refractivity contribution < 1.29 is 8.78 Å². The summed E-state index contributed by atoms with van der Waals surface area (Å²) in [6.45, 7) is 2.24. The molecule has 0 fully saturated rings. The fourth-order valence-electron chi connectivity index (χ4n) is 14.5. The molecule has 0 bridgehead atoms. The Morgan fingerprint density at radius 2 is 0.860 bits per heavy atom. The second kappa shape index (κ2) is 35.4. The Hall–Kier alpha value is -16.3. The summed E-state index contributed by atoms with van der Waals surface area (Å²) < 4.78 is 30.8. The molecular weight excluding hydrogens is 1540 g/mol. The lowest BCUT2D eigenvalue weighted by atomic mass is 9.78. The number of nitrogens with one attached hydrogen (secondary N) is 1. The van der Waals surface area contributed by atoms with E-state index in [9.17, 15) is 18.8 Å². The van der Waals surface area contributed by atoms with Crippen LogP contribution < -0.4 is 34.2 Å². The monoisotopic (exact) mass is 1610 g/mol. The van der Waals surface area contributed by atoms with E-state index in [1.807, 2.05) is 211 Å². The molecule has 1 aliphatic rings. The van der Waals surface area contributed by atoms with E-state index in [2.05, 4.69) is 99.9 Å². The van der Waals surface area contributed by atoms with E-state index in [-0.39, 0.29) is 28.4 Å². The molecule has 2 atom stereocenters. The maximum absolute atomic E-state index is 14.5. The van der Waals surface area contributed by atoms with Gasteiger partial charge < -0.3 is 38.2 Å². The number of hydrogen-bond acceptors (Lipinski definition) is 21. The van der Waals surface area contributed by atoms with Gasteiger partial charge in [0.2, 0.25) is 0 Å². The predicted octanol–water partition coefficient (Wildman–Crippen LogP) is 18.9. The fourth-order valence-corrected chi connectivity index (χ4v) is 14.8. The van der Waals surface area contributed by atoms with Crippen LogP contribution in [0.3, 0.4) is 0 Å². The summed E-state index contributed by atoms with van der Waals surface area (Å²) >= 11 is 6.38. The van der Waals surface area contributed by atoms with Gasteiger partial charge in [0, 0.05) is 121 Å². The number of halogens is 3. The smallest absolute Gasteiger partial charge is 0.255 e. The molecule has 11 heterocycles. The zero-order valence-corrected chi connectivity index (χ0v) is 65.4. The molecular formula is C95H71ClF2N22O. The Labute approximate surface area is 696 Å². The van der Waals surface area contributed by atoms with E-state index in [1.165, 1.54) is 35.8 Å². The topological polar surface area (TPSA) is 372 Å². The number of nitrogens with two attached hydrogens (primary N) is 5. The van der Waals surface area contributed by atoms with Crippen LogP contribution in [0.25, 0.3) is 139 Å². The lowest BCUT2D eigenvalue weighted by Crippen LogP contribution is -2.19. The van der Waals surface area contributed by atoms with Gasteiger partial charge in [-0.25, -0.2) is 43.7 Å². The third kappa shape index (κ3) is 17.5. The molecule has 23 nitrogen and oxygen atoms in total. The first-order valence-electron chi connectivity index (χ1n) is 38.2. The quantitative estimate of drug-likeness (QED) is 0.0740. The first-order valence-corrected chi connectivity index (χ1v) is 38.6. The normalized spacial score (nSPS) is 12.6. The number of anilines is 5. The first-order chi connectivity index (χ1) is 59.1. The van der Waals surface area contributed by atoms with Gasteiger partial charge in [0.05, 0.1) is 80.9 Å². The summed E-state index contributed by atoms with van der Waals surface area (Å²) in [5.74, 6) is 2.12. The van der Waals surface area contributed by atoms with Crippen molar-refractivity contribution in [2.75, 3.05) is 28.7 Å². The number of pyridine rings is 5. The van der Waals surface area contributed by atoms with Crippen LogP contribution in [0.1, 0.15) is 47.8 Å². The Bertz CT molecular complexity index is 7110. The first kappa shape index (κ1) is 78.6. The second-order valence-corrected chi connectivity index (χ2v) is 28.5. The average molecular weight is 1610 g/mol. The highest BCUT2D eigenvalue weighted by Crippen LogP contribution is 2.42. The van der Waals surface area contributed by atoms with Crippen LogP contribution in [0.2, 0.25) is 5.02 Å². The van der Waals surface area contributed by atoms with Crippen molar-refractivity contribution in [3.63, 3.8) is 0 Å². The molecule has 588 valence electrons. The number of benzene rings is 8. The maximum Gasteiger partial charge on any atom is 0.255 e. The molecule has 20 rings (SSSR count). The third-order valence-corrected chi connectivity index (χ3v) is 20.3. The summed E-state index contributed by atoms with van der Waals surface area (Å²) in [5, 5.41) is 13.6. The van der Waals surface area contributed by atoms with Crippen molar-refractivity contribution >= 4 is 84.2 Å². The molecule has 0 saturated carbocycles. The minimum absolute atomic E-state index is 0.00590. The van der Waals surface area contributed by atoms with Crippen molar-refractivity contribution in [2.45, 2.75) is 31.6 Å². The van der Waals surface area contributed by atoms with E-state index in [1.54, 1.807) is 67.5 Å². The van der Waals surface area contributed by atoms with Gasteiger partial charge in [0.15, 0.2) is 17.3 Å². The molecule has 19 aromatic rings. The van der Waals surface area contributed by atoms with Gasteiger partial charge in [0.25, 0.3) is 5.56 Å².